The second kappa shape index (κ2) is 10.8. The van der Waals surface area contributed by atoms with E-state index in [1.807, 2.05) is 48.5 Å². The van der Waals surface area contributed by atoms with Crippen molar-refractivity contribution in [2.45, 2.75) is 19.6 Å². The third-order valence-electron chi connectivity index (χ3n) is 5.03. The van der Waals surface area contributed by atoms with Gasteiger partial charge < -0.3 is 15.3 Å². The number of thiophene rings is 1. The van der Waals surface area contributed by atoms with Gasteiger partial charge in [-0.1, -0.05) is 18.2 Å². The van der Waals surface area contributed by atoms with Gasteiger partial charge in [-0.3, -0.25) is 9.78 Å². The predicted molar refractivity (Wildman–Crippen MR) is 129 cm³/mol. The Kier molecular flexibility index (Phi) is 7.39. The molecule has 33 heavy (non-hydrogen) atoms. The van der Waals surface area contributed by atoms with E-state index < -0.39 is 0 Å². The van der Waals surface area contributed by atoms with Crippen LogP contribution in [0.4, 0.5) is 15.9 Å². The van der Waals surface area contributed by atoms with Gasteiger partial charge in [-0.2, -0.15) is 0 Å². The van der Waals surface area contributed by atoms with Crippen molar-refractivity contribution in [3.63, 3.8) is 0 Å². The molecule has 1 amide bonds. The number of anilines is 2. The molecule has 0 aliphatic heterocycles. The molecule has 0 radical (unpaired) electrons. The lowest BCUT2D eigenvalue weighted by molar-refractivity contribution is -0.107. The highest BCUT2D eigenvalue weighted by Crippen LogP contribution is 2.32. The fourth-order valence-electron chi connectivity index (χ4n) is 3.41. The second-order valence-electron chi connectivity index (χ2n) is 7.35. The number of benzene rings is 1. The smallest absolute Gasteiger partial charge is 0.214 e. The van der Waals surface area contributed by atoms with E-state index in [1.54, 1.807) is 17.2 Å². The number of aliphatic hydroxyl groups excluding tert-OH is 1. The van der Waals surface area contributed by atoms with Crippen LogP contribution in [0.5, 0.6) is 0 Å². The van der Waals surface area contributed by atoms with Crippen LogP contribution in [-0.4, -0.2) is 28.0 Å². The van der Waals surface area contributed by atoms with Crippen LogP contribution in [0.2, 0.25) is 0 Å². The van der Waals surface area contributed by atoms with Gasteiger partial charge in [0.1, 0.15) is 5.82 Å². The minimum absolute atomic E-state index is 0.0233. The number of aromatic nitrogens is 2. The average Bonchev–Trinajstić information content (AvgIpc) is 3.33. The molecule has 1 aromatic carbocycles. The number of pyridine rings is 2. The quantitative estimate of drug-likeness (QED) is 0.335. The summed E-state index contributed by atoms with van der Waals surface area (Å²) in [5.41, 5.74) is 2.98. The Bertz CT molecular complexity index is 1220. The molecule has 6 nitrogen and oxygen atoms in total. The van der Waals surface area contributed by atoms with Gasteiger partial charge in [-0.05, 0) is 60.5 Å². The van der Waals surface area contributed by atoms with Gasteiger partial charge in [0, 0.05) is 17.6 Å². The first-order valence-electron chi connectivity index (χ1n) is 10.5. The summed E-state index contributed by atoms with van der Waals surface area (Å²) >= 11 is 1.46. The lowest BCUT2D eigenvalue weighted by Crippen LogP contribution is -2.23. The van der Waals surface area contributed by atoms with Crippen molar-refractivity contribution in [2.75, 3.05) is 16.8 Å². The lowest BCUT2D eigenvalue weighted by atomic mass is 10.1. The maximum atomic E-state index is 13.5. The molecule has 3 aromatic heterocycles. The molecule has 0 aliphatic carbocycles. The van der Waals surface area contributed by atoms with Gasteiger partial charge in [-0.15, -0.1) is 11.3 Å². The Balaban J connectivity index is 1.61. The molecular weight excluding hydrogens is 439 g/mol. The van der Waals surface area contributed by atoms with Crippen molar-refractivity contribution in [3.05, 3.63) is 94.9 Å². The molecule has 168 valence electrons. The first-order chi connectivity index (χ1) is 16.2. The standard InChI is InChI=1S/C25H23FN4O2S/c26-19-5-3-4-18(14-19)11-13-28-25-23(30(17-32)15-20-6-1-2-12-27-20)9-8-22(29-25)24-10-7-21(16-31)33-24/h1-10,12,14,17,31H,11,13,15-16H2,(H,28,29). The number of nitrogens with zero attached hydrogens (tertiary/aromatic N) is 3. The molecule has 0 bridgehead atoms. The second-order valence-corrected chi connectivity index (χ2v) is 8.52. The van der Waals surface area contributed by atoms with Crippen molar-refractivity contribution >= 4 is 29.3 Å². The van der Waals surface area contributed by atoms with Crippen LogP contribution in [-0.2, 0) is 24.4 Å². The van der Waals surface area contributed by atoms with Gasteiger partial charge in [0.25, 0.3) is 0 Å². The van der Waals surface area contributed by atoms with Crippen LogP contribution in [0.1, 0.15) is 16.1 Å². The largest absolute Gasteiger partial charge is 0.391 e. The summed E-state index contributed by atoms with van der Waals surface area (Å²) in [6.45, 7) is 0.789. The van der Waals surface area contributed by atoms with E-state index in [9.17, 15) is 14.3 Å². The summed E-state index contributed by atoms with van der Waals surface area (Å²) in [4.78, 5) is 24.4. The highest BCUT2D eigenvalue weighted by atomic mass is 32.1. The average molecular weight is 463 g/mol. The predicted octanol–water partition coefficient (Wildman–Crippen LogP) is 4.65. The third kappa shape index (κ3) is 5.79. The monoisotopic (exact) mass is 462 g/mol. The van der Waals surface area contributed by atoms with Gasteiger partial charge in [0.05, 0.1) is 35.1 Å². The van der Waals surface area contributed by atoms with E-state index in [0.717, 1.165) is 33.1 Å². The van der Waals surface area contributed by atoms with Crippen LogP contribution in [0.15, 0.2) is 72.9 Å². The van der Waals surface area contributed by atoms with Crippen molar-refractivity contribution in [1.82, 2.24) is 9.97 Å². The Labute approximate surface area is 195 Å². The number of amides is 1. The minimum atomic E-state index is -0.270. The van der Waals surface area contributed by atoms with Gasteiger partial charge >= 0.3 is 0 Å². The Hall–Kier alpha value is -3.62. The zero-order chi connectivity index (χ0) is 23.0. The molecule has 2 N–H and O–H groups in total. The summed E-state index contributed by atoms with van der Waals surface area (Å²) in [7, 11) is 0. The molecule has 0 fully saturated rings. The van der Waals surface area contributed by atoms with E-state index in [0.29, 0.717) is 31.0 Å². The molecule has 4 rings (SSSR count). The third-order valence-corrected chi connectivity index (χ3v) is 6.13. The van der Waals surface area contributed by atoms with Crippen LogP contribution in [0.3, 0.4) is 0 Å². The van der Waals surface area contributed by atoms with Crippen LogP contribution < -0.4 is 10.2 Å². The first kappa shape index (κ1) is 22.6. The number of carbonyl (C=O) groups excluding carboxylic acids is 1. The molecule has 0 unspecified atom stereocenters. The molecule has 0 atom stereocenters. The molecule has 0 saturated carbocycles. The van der Waals surface area contributed by atoms with E-state index in [1.165, 1.54) is 23.5 Å². The summed E-state index contributed by atoms with van der Waals surface area (Å²) in [6.07, 6.45) is 3.05. The van der Waals surface area contributed by atoms with E-state index in [4.69, 9.17) is 4.98 Å². The SMILES string of the molecule is O=CN(Cc1ccccn1)c1ccc(-c2ccc(CO)s2)nc1NCCc1cccc(F)c1. The fraction of sp³-hybridized carbons (Fsp3) is 0.160. The Morgan fingerprint density at radius 2 is 2.00 bits per heavy atom. The first-order valence-corrected chi connectivity index (χ1v) is 11.3. The van der Waals surface area contributed by atoms with Gasteiger partial charge in [-0.25, -0.2) is 9.37 Å². The normalized spacial score (nSPS) is 10.7. The number of halogens is 1. The van der Waals surface area contributed by atoms with Crippen molar-refractivity contribution in [1.29, 1.82) is 0 Å². The molecule has 8 heteroatoms. The highest BCUT2D eigenvalue weighted by molar-refractivity contribution is 7.15. The molecule has 0 spiro atoms. The number of hydrogen-bond acceptors (Lipinski definition) is 6. The van der Waals surface area contributed by atoms with Gasteiger partial charge in [0.2, 0.25) is 6.41 Å². The number of aliphatic hydroxyl groups is 1. The topological polar surface area (TPSA) is 78.4 Å². The maximum absolute atomic E-state index is 13.5. The molecule has 3 heterocycles. The summed E-state index contributed by atoms with van der Waals surface area (Å²) in [5.74, 6) is 0.277. The summed E-state index contributed by atoms with van der Waals surface area (Å²) < 4.78 is 13.5. The molecule has 0 saturated heterocycles. The maximum Gasteiger partial charge on any atom is 0.214 e. The minimum Gasteiger partial charge on any atom is -0.391 e. The fourth-order valence-corrected chi connectivity index (χ4v) is 4.25. The molecule has 0 aliphatic rings. The van der Waals surface area contributed by atoms with E-state index in [2.05, 4.69) is 10.3 Å². The van der Waals surface area contributed by atoms with Crippen LogP contribution >= 0.6 is 11.3 Å². The lowest BCUT2D eigenvalue weighted by Gasteiger charge is -2.21. The Morgan fingerprint density at radius 3 is 2.73 bits per heavy atom. The van der Waals surface area contributed by atoms with Crippen molar-refractivity contribution in [3.8, 4) is 10.6 Å². The Morgan fingerprint density at radius 1 is 1.09 bits per heavy atom. The molecule has 4 aromatic rings. The van der Waals surface area contributed by atoms with Gasteiger partial charge in [0.15, 0.2) is 5.82 Å². The van der Waals surface area contributed by atoms with Crippen molar-refractivity contribution < 1.29 is 14.3 Å². The number of carbonyl (C=O) groups is 1. The zero-order valence-electron chi connectivity index (χ0n) is 17.8. The number of hydrogen-bond donors (Lipinski definition) is 2. The zero-order valence-corrected chi connectivity index (χ0v) is 18.6. The van der Waals surface area contributed by atoms with Crippen LogP contribution in [0.25, 0.3) is 10.6 Å². The number of rotatable bonds is 10. The van der Waals surface area contributed by atoms with E-state index >= 15 is 0 Å². The van der Waals surface area contributed by atoms with Crippen molar-refractivity contribution in [2.24, 2.45) is 0 Å². The molecular formula is C25H23FN4O2S. The summed E-state index contributed by atoms with van der Waals surface area (Å²) in [5, 5.41) is 12.7. The highest BCUT2D eigenvalue weighted by Gasteiger charge is 2.16. The van der Waals surface area contributed by atoms with Crippen LogP contribution in [0, 0.1) is 5.82 Å². The summed E-state index contributed by atoms with van der Waals surface area (Å²) in [6, 6.07) is 19.5. The number of nitrogens with one attached hydrogen (secondary N) is 1. The van der Waals surface area contributed by atoms with E-state index in [-0.39, 0.29) is 12.4 Å².